The quantitative estimate of drug-likeness (QED) is 0.707. The van der Waals surface area contributed by atoms with E-state index in [2.05, 4.69) is 4.72 Å². The van der Waals surface area contributed by atoms with Gasteiger partial charge in [0.15, 0.2) is 0 Å². The minimum absolute atomic E-state index is 0.00156. The number of carboxylic acid groups (broad SMARTS) is 1. The van der Waals surface area contributed by atoms with Crippen LogP contribution in [0.5, 0.6) is 0 Å². The van der Waals surface area contributed by atoms with Gasteiger partial charge in [-0.1, -0.05) is 6.92 Å². The molecule has 0 heterocycles. The second-order valence-corrected chi connectivity index (χ2v) is 8.04. The zero-order chi connectivity index (χ0) is 14.9. The molecule has 1 fully saturated rings. The van der Waals surface area contributed by atoms with Crippen molar-refractivity contribution >= 4 is 38.6 Å². The SMILES string of the molecule is CC(CNS(=O)(=O)c1ccc(I)c(C(=O)O)c1)C1CC1. The van der Waals surface area contributed by atoms with E-state index >= 15 is 0 Å². The average Bonchev–Trinajstić information content (AvgIpc) is 3.20. The van der Waals surface area contributed by atoms with Gasteiger partial charge >= 0.3 is 5.97 Å². The Bertz CT molecular complexity index is 625. The Morgan fingerprint density at radius 2 is 2.15 bits per heavy atom. The zero-order valence-corrected chi connectivity index (χ0v) is 13.9. The largest absolute Gasteiger partial charge is 0.478 e. The third-order valence-corrected chi connectivity index (χ3v) is 5.86. The molecule has 2 N–H and O–H groups in total. The summed E-state index contributed by atoms with van der Waals surface area (Å²) in [5.41, 5.74) is 0.00344. The summed E-state index contributed by atoms with van der Waals surface area (Å²) in [6.07, 6.45) is 2.32. The highest BCUT2D eigenvalue weighted by atomic mass is 127. The second-order valence-electron chi connectivity index (χ2n) is 5.11. The molecule has 2 rings (SSSR count). The third kappa shape index (κ3) is 3.70. The van der Waals surface area contributed by atoms with Crippen molar-refractivity contribution in [2.45, 2.75) is 24.7 Å². The molecule has 1 atom stereocenters. The molecule has 1 aromatic carbocycles. The lowest BCUT2D eigenvalue weighted by atomic mass is 10.1. The van der Waals surface area contributed by atoms with Crippen LogP contribution in [0.25, 0.3) is 0 Å². The van der Waals surface area contributed by atoms with Crippen molar-refractivity contribution in [2.75, 3.05) is 6.54 Å². The molecule has 1 aliphatic carbocycles. The van der Waals surface area contributed by atoms with E-state index in [1.807, 2.05) is 29.5 Å². The molecule has 0 aromatic heterocycles. The summed E-state index contributed by atoms with van der Waals surface area (Å²) in [5.74, 6) is -0.200. The van der Waals surface area contributed by atoms with Gasteiger partial charge in [-0.25, -0.2) is 17.9 Å². The lowest BCUT2D eigenvalue weighted by molar-refractivity contribution is 0.0695. The lowest BCUT2D eigenvalue weighted by Crippen LogP contribution is -2.29. The van der Waals surface area contributed by atoms with Crippen LogP contribution in [0, 0.1) is 15.4 Å². The van der Waals surface area contributed by atoms with Gasteiger partial charge < -0.3 is 5.11 Å². The van der Waals surface area contributed by atoms with Crippen LogP contribution in [0.15, 0.2) is 23.1 Å². The number of benzene rings is 1. The number of hydrogen-bond acceptors (Lipinski definition) is 3. The zero-order valence-electron chi connectivity index (χ0n) is 11.0. The summed E-state index contributed by atoms with van der Waals surface area (Å²) >= 11 is 1.87. The van der Waals surface area contributed by atoms with Gasteiger partial charge in [0.25, 0.3) is 0 Å². The molecule has 0 bridgehead atoms. The summed E-state index contributed by atoms with van der Waals surface area (Å²) in [6.45, 7) is 2.41. The van der Waals surface area contributed by atoms with Gasteiger partial charge in [-0.2, -0.15) is 0 Å². The van der Waals surface area contributed by atoms with Gasteiger partial charge in [-0.05, 0) is 65.5 Å². The van der Waals surface area contributed by atoms with E-state index in [0.717, 1.165) is 12.8 Å². The van der Waals surface area contributed by atoms with E-state index in [9.17, 15) is 13.2 Å². The van der Waals surface area contributed by atoms with Gasteiger partial charge in [-0.3, -0.25) is 0 Å². The Morgan fingerprint density at radius 3 is 2.70 bits per heavy atom. The standard InChI is InChI=1S/C13H16INO4S/c1-8(9-2-3-9)7-15-20(18,19)10-4-5-12(14)11(6-10)13(16)17/h4-6,8-9,15H,2-3,7H2,1H3,(H,16,17). The van der Waals surface area contributed by atoms with Gasteiger partial charge in [-0.15, -0.1) is 0 Å². The minimum Gasteiger partial charge on any atom is -0.478 e. The molecule has 0 saturated heterocycles. The molecule has 1 aliphatic rings. The van der Waals surface area contributed by atoms with Crippen LogP contribution in [0.3, 0.4) is 0 Å². The number of hydrogen-bond donors (Lipinski definition) is 2. The molecular formula is C13H16INO4S. The Morgan fingerprint density at radius 1 is 1.50 bits per heavy atom. The van der Waals surface area contributed by atoms with Crippen molar-refractivity contribution in [1.82, 2.24) is 4.72 Å². The van der Waals surface area contributed by atoms with Crippen LogP contribution in [-0.4, -0.2) is 26.0 Å². The third-order valence-electron chi connectivity index (χ3n) is 3.50. The molecule has 0 amide bonds. The normalized spacial score (nSPS) is 16.9. The number of sulfonamides is 1. The molecule has 20 heavy (non-hydrogen) atoms. The predicted octanol–water partition coefficient (Wildman–Crippen LogP) is 2.31. The second kappa shape index (κ2) is 5.98. The monoisotopic (exact) mass is 409 g/mol. The molecule has 1 saturated carbocycles. The Hall–Kier alpha value is -0.670. The summed E-state index contributed by atoms with van der Waals surface area (Å²) in [4.78, 5) is 11.0. The average molecular weight is 409 g/mol. The molecule has 0 radical (unpaired) electrons. The van der Waals surface area contributed by atoms with Crippen molar-refractivity contribution < 1.29 is 18.3 Å². The highest BCUT2D eigenvalue weighted by Gasteiger charge is 2.29. The molecule has 5 nitrogen and oxygen atoms in total. The number of nitrogens with one attached hydrogen (secondary N) is 1. The van der Waals surface area contributed by atoms with E-state index in [4.69, 9.17) is 5.11 Å². The molecule has 1 aromatic rings. The summed E-state index contributed by atoms with van der Waals surface area (Å²) in [6, 6.07) is 4.13. The fraction of sp³-hybridized carbons (Fsp3) is 0.462. The first-order chi connectivity index (χ1) is 9.31. The first-order valence-corrected chi connectivity index (χ1v) is 8.90. The van der Waals surface area contributed by atoms with Crippen molar-refractivity contribution in [1.29, 1.82) is 0 Å². The fourth-order valence-corrected chi connectivity index (χ4v) is 3.73. The Balaban J connectivity index is 2.16. The lowest BCUT2D eigenvalue weighted by Gasteiger charge is -2.12. The molecule has 0 spiro atoms. The minimum atomic E-state index is -3.65. The van der Waals surface area contributed by atoms with Gasteiger partial charge in [0.2, 0.25) is 10.0 Å². The van der Waals surface area contributed by atoms with Gasteiger partial charge in [0.05, 0.1) is 10.5 Å². The Kier molecular flexibility index (Phi) is 4.70. The van der Waals surface area contributed by atoms with Gasteiger partial charge in [0, 0.05) is 10.1 Å². The van der Waals surface area contributed by atoms with Crippen LogP contribution in [0.2, 0.25) is 0 Å². The maximum Gasteiger partial charge on any atom is 0.336 e. The van der Waals surface area contributed by atoms with Crippen molar-refractivity contribution in [3.05, 3.63) is 27.3 Å². The molecule has 7 heteroatoms. The van der Waals surface area contributed by atoms with E-state index in [-0.39, 0.29) is 10.5 Å². The van der Waals surface area contributed by atoms with Crippen LogP contribution in [0.1, 0.15) is 30.1 Å². The smallest absolute Gasteiger partial charge is 0.336 e. The van der Waals surface area contributed by atoms with Crippen LogP contribution in [0.4, 0.5) is 0 Å². The van der Waals surface area contributed by atoms with Crippen molar-refractivity contribution in [3.8, 4) is 0 Å². The fourth-order valence-electron chi connectivity index (χ4n) is 1.99. The van der Waals surface area contributed by atoms with Crippen molar-refractivity contribution in [2.24, 2.45) is 11.8 Å². The highest BCUT2D eigenvalue weighted by Crippen LogP contribution is 2.36. The predicted molar refractivity (Wildman–Crippen MR) is 83.2 cm³/mol. The van der Waals surface area contributed by atoms with Crippen LogP contribution < -0.4 is 4.72 Å². The van der Waals surface area contributed by atoms with Crippen LogP contribution >= 0.6 is 22.6 Å². The van der Waals surface area contributed by atoms with E-state index in [0.29, 0.717) is 22.0 Å². The molecule has 110 valence electrons. The number of halogens is 1. The molecular weight excluding hydrogens is 393 g/mol. The summed E-state index contributed by atoms with van der Waals surface area (Å²) in [7, 11) is -3.65. The Labute approximate surface area is 132 Å². The number of carboxylic acids is 1. The van der Waals surface area contributed by atoms with E-state index < -0.39 is 16.0 Å². The number of carbonyl (C=O) groups is 1. The van der Waals surface area contributed by atoms with Crippen molar-refractivity contribution in [3.63, 3.8) is 0 Å². The number of aromatic carboxylic acids is 1. The number of rotatable bonds is 6. The maximum absolute atomic E-state index is 12.2. The topological polar surface area (TPSA) is 83.5 Å². The maximum atomic E-state index is 12.2. The first kappa shape index (κ1) is 15.7. The molecule has 0 aliphatic heterocycles. The molecule has 1 unspecified atom stereocenters. The summed E-state index contributed by atoms with van der Waals surface area (Å²) in [5, 5.41) is 9.03. The first-order valence-electron chi connectivity index (χ1n) is 6.34. The van der Waals surface area contributed by atoms with Gasteiger partial charge in [0.1, 0.15) is 0 Å². The van der Waals surface area contributed by atoms with E-state index in [1.165, 1.54) is 18.2 Å². The highest BCUT2D eigenvalue weighted by molar-refractivity contribution is 14.1. The van der Waals surface area contributed by atoms with E-state index in [1.54, 1.807) is 0 Å². The van der Waals surface area contributed by atoms with Crippen LogP contribution in [-0.2, 0) is 10.0 Å². The summed E-state index contributed by atoms with van der Waals surface area (Å²) < 4.78 is 27.4.